The number of aryl methyl sites for hydroxylation is 1. The van der Waals surface area contributed by atoms with Crippen molar-refractivity contribution in [3.05, 3.63) is 93.9 Å². The van der Waals surface area contributed by atoms with Crippen LogP contribution in [0.25, 0.3) is 0 Å². The molecule has 0 saturated heterocycles. The lowest BCUT2D eigenvalue weighted by Crippen LogP contribution is -2.20. The average Bonchev–Trinajstić information content (AvgIpc) is 2.66. The summed E-state index contributed by atoms with van der Waals surface area (Å²) in [6.45, 7) is 0. The van der Waals surface area contributed by atoms with E-state index in [2.05, 4.69) is 10.6 Å². The zero-order valence-corrected chi connectivity index (χ0v) is 14.7. The maximum Gasteiger partial charge on any atom is 0.258 e. The van der Waals surface area contributed by atoms with Crippen molar-refractivity contribution in [1.29, 1.82) is 0 Å². The lowest BCUT2D eigenvalue weighted by Gasteiger charge is -2.11. The van der Waals surface area contributed by atoms with Crippen molar-refractivity contribution < 1.29 is 18.4 Å². The topological polar surface area (TPSA) is 80.2 Å². The summed E-state index contributed by atoms with van der Waals surface area (Å²) in [7, 11) is 1.46. The minimum atomic E-state index is -1.06. The van der Waals surface area contributed by atoms with Gasteiger partial charge in [-0.15, -0.1) is 0 Å². The molecule has 3 aromatic rings. The number of nitrogens with zero attached hydrogens (tertiary/aromatic N) is 1. The molecular weight excluding hydrogens is 368 g/mol. The molecule has 6 nitrogen and oxygen atoms in total. The Morgan fingerprint density at radius 3 is 2.29 bits per heavy atom. The maximum atomic E-state index is 14.1. The highest BCUT2D eigenvalue weighted by molar-refractivity contribution is 6.07. The Bertz CT molecular complexity index is 1110. The second-order valence-corrected chi connectivity index (χ2v) is 5.95. The molecule has 0 saturated carbocycles. The van der Waals surface area contributed by atoms with E-state index in [-0.39, 0.29) is 16.8 Å². The number of nitrogens with one attached hydrogen (secondary N) is 2. The van der Waals surface area contributed by atoms with Gasteiger partial charge in [-0.25, -0.2) is 8.78 Å². The molecule has 0 spiro atoms. The van der Waals surface area contributed by atoms with Gasteiger partial charge >= 0.3 is 0 Å². The normalized spacial score (nSPS) is 10.4. The zero-order chi connectivity index (χ0) is 20.3. The predicted molar refractivity (Wildman–Crippen MR) is 100 cm³/mol. The summed E-state index contributed by atoms with van der Waals surface area (Å²) in [5, 5.41) is 4.78. The van der Waals surface area contributed by atoms with Crippen LogP contribution >= 0.6 is 0 Å². The summed E-state index contributed by atoms with van der Waals surface area (Å²) < 4.78 is 29.4. The first-order valence-corrected chi connectivity index (χ1v) is 8.18. The number of carbonyl (C=O) groups excluding carboxylic acids is 2. The highest BCUT2D eigenvalue weighted by atomic mass is 19.1. The monoisotopic (exact) mass is 383 g/mol. The number of halogens is 2. The molecule has 2 aromatic carbocycles. The van der Waals surface area contributed by atoms with Crippen molar-refractivity contribution in [2.45, 2.75) is 0 Å². The Kier molecular flexibility index (Phi) is 5.30. The number of amides is 2. The van der Waals surface area contributed by atoms with Crippen LogP contribution in [0.2, 0.25) is 0 Å². The van der Waals surface area contributed by atoms with Crippen LogP contribution < -0.4 is 16.2 Å². The molecule has 0 fully saturated rings. The number of pyridine rings is 1. The van der Waals surface area contributed by atoms with Crippen LogP contribution in [0.4, 0.5) is 20.2 Å². The molecule has 1 aromatic heterocycles. The molecule has 2 amide bonds. The van der Waals surface area contributed by atoms with Crippen LogP contribution in [0.1, 0.15) is 20.7 Å². The third-order valence-electron chi connectivity index (χ3n) is 3.93. The SMILES string of the molecule is Cn1cc(C(=O)Nc2cc(C(=O)Nc3ccccc3)c(F)cc2F)ccc1=O. The van der Waals surface area contributed by atoms with Gasteiger partial charge in [0.1, 0.15) is 11.6 Å². The lowest BCUT2D eigenvalue weighted by atomic mass is 10.1. The summed E-state index contributed by atoms with van der Waals surface area (Å²) in [4.78, 5) is 36.0. The Hall–Kier alpha value is -3.81. The van der Waals surface area contributed by atoms with Crippen LogP contribution in [0.3, 0.4) is 0 Å². The summed E-state index contributed by atoms with van der Waals surface area (Å²) in [5.41, 5.74) is -0.572. The zero-order valence-electron chi connectivity index (χ0n) is 14.7. The van der Waals surface area contributed by atoms with Crippen molar-refractivity contribution in [1.82, 2.24) is 4.57 Å². The highest BCUT2D eigenvalue weighted by Crippen LogP contribution is 2.21. The van der Waals surface area contributed by atoms with E-state index in [4.69, 9.17) is 0 Å². The fourth-order valence-corrected chi connectivity index (χ4v) is 2.46. The smallest absolute Gasteiger partial charge is 0.258 e. The third kappa shape index (κ3) is 4.12. The van der Waals surface area contributed by atoms with Crippen molar-refractivity contribution in [3.63, 3.8) is 0 Å². The molecule has 2 N–H and O–H groups in total. The molecule has 142 valence electrons. The molecule has 28 heavy (non-hydrogen) atoms. The number of carbonyl (C=O) groups is 2. The van der Waals surface area contributed by atoms with Crippen molar-refractivity contribution in [3.8, 4) is 0 Å². The van der Waals surface area contributed by atoms with Gasteiger partial charge in [-0.1, -0.05) is 18.2 Å². The van der Waals surface area contributed by atoms with Gasteiger partial charge in [0, 0.05) is 31.1 Å². The molecule has 1 heterocycles. The minimum Gasteiger partial charge on any atom is -0.322 e. The fourth-order valence-electron chi connectivity index (χ4n) is 2.46. The Morgan fingerprint density at radius 2 is 1.61 bits per heavy atom. The van der Waals surface area contributed by atoms with E-state index in [0.29, 0.717) is 11.8 Å². The van der Waals surface area contributed by atoms with E-state index < -0.39 is 29.0 Å². The van der Waals surface area contributed by atoms with Crippen LogP contribution in [0.15, 0.2) is 65.6 Å². The number of aromatic nitrogens is 1. The average molecular weight is 383 g/mol. The Labute approximate surface area is 158 Å². The Balaban J connectivity index is 1.86. The van der Waals surface area contributed by atoms with Crippen LogP contribution in [0.5, 0.6) is 0 Å². The van der Waals surface area contributed by atoms with E-state index in [1.165, 1.54) is 29.9 Å². The summed E-state index contributed by atoms with van der Waals surface area (Å²) in [6, 6.07) is 12.3. The summed E-state index contributed by atoms with van der Waals surface area (Å²) in [5.74, 6) is -3.60. The molecule has 0 aliphatic heterocycles. The van der Waals surface area contributed by atoms with Gasteiger partial charge in [0.25, 0.3) is 11.8 Å². The fraction of sp³-hybridized carbons (Fsp3) is 0.0500. The number of hydrogen-bond donors (Lipinski definition) is 2. The van der Waals surface area contributed by atoms with Gasteiger partial charge in [0.05, 0.1) is 16.8 Å². The number of para-hydroxylation sites is 1. The maximum absolute atomic E-state index is 14.1. The number of anilines is 2. The van der Waals surface area contributed by atoms with Gasteiger partial charge in [0.2, 0.25) is 5.56 Å². The first-order valence-electron chi connectivity index (χ1n) is 8.18. The first-order chi connectivity index (χ1) is 13.3. The third-order valence-corrected chi connectivity index (χ3v) is 3.93. The number of benzene rings is 2. The van der Waals surface area contributed by atoms with E-state index in [0.717, 1.165) is 6.07 Å². The molecule has 0 unspecified atom stereocenters. The van der Waals surface area contributed by atoms with E-state index in [1.807, 2.05) is 0 Å². The van der Waals surface area contributed by atoms with Crippen LogP contribution in [-0.2, 0) is 7.05 Å². The minimum absolute atomic E-state index is 0.0983. The van der Waals surface area contributed by atoms with Gasteiger partial charge in [0.15, 0.2) is 0 Å². The lowest BCUT2D eigenvalue weighted by molar-refractivity contribution is 0.101. The summed E-state index contributed by atoms with van der Waals surface area (Å²) in [6.07, 6.45) is 1.28. The van der Waals surface area contributed by atoms with Gasteiger partial charge in [-0.05, 0) is 24.3 Å². The molecule has 0 bridgehead atoms. The van der Waals surface area contributed by atoms with Gasteiger partial charge in [-0.3, -0.25) is 14.4 Å². The molecule has 3 rings (SSSR count). The quantitative estimate of drug-likeness (QED) is 0.726. The van der Waals surface area contributed by atoms with Crippen molar-refractivity contribution in [2.24, 2.45) is 7.05 Å². The predicted octanol–water partition coefficient (Wildman–Crippen LogP) is 3.17. The molecule has 0 atom stereocenters. The van der Waals surface area contributed by atoms with Crippen LogP contribution in [0, 0.1) is 11.6 Å². The second kappa shape index (κ2) is 7.83. The standard InChI is InChI=1S/C20H15F2N3O3/c1-25-11-12(7-8-18(25)26)19(27)24-17-9-14(15(21)10-16(17)22)20(28)23-13-5-3-2-4-6-13/h2-11H,1H3,(H,23,28)(H,24,27). The molecule has 0 aliphatic carbocycles. The van der Waals surface area contributed by atoms with Gasteiger partial charge < -0.3 is 15.2 Å². The van der Waals surface area contributed by atoms with E-state index in [9.17, 15) is 23.2 Å². The largest absolute Gasteiger partial charge is 0.322 e. The highest BCUT2D eigenvalue weighted by Gasteiger charge is 2.18. The van der Waals surface area contributed by atoms with Crippen LogP contribution in [-0.4, -0.2) is 16.4 Å². The summed E-state index contributed by atoms with van der Waals surface area (Å²) >= 11 is 0. The van der Waals surface area contributed by atoms with Crippen molar-refractivity contribution in [2.75, 3.05) is 10.6 Å². The molecule has 0 aliphatic rings. The number of rotatable bonds is 4. The van der Waals surface area contributed by atoms with E-state index >= 15 is 0 Å². The van der Waals surface area contributed by atoms with Gasteiger partial charge in [-0.2, -0.15) is 0 Å². The molecule has 0 radical (unpaired) electrons. The molecule has 8 heteroatoms. The Morgan fingerprint density at radius 1 is 0.893 bits per heavy atom. The second-order valence-electron chi connectivity index (χ2n) is 5.95. The van der Waals surface area contributed by atoms with E-state index in [1.54, 1.807) is 30.3 Å². The first kappa shape index (κ1) is 19.0. The van der Waals surface area contributed by atoms with Crippen molar-refractivity contribution >= 4 is 23.2 Å². The number of hydrogen-bond acceptors (Lipinski definition) is 3. The molecular formula is C20H15F2N3O3.